The van der Waals surface area contributed by atoms with Crippen LogP contribution in [0.15, 0.2) is 0 Å². The maximum absolute atomic E-state index is 10.8. The summed E-state index contributed by atoms with van der Waals surface area (Å²) in [5.74, 6) is -0.406. The molecule has 15 heavy (non-hydrogen) atoms. The van der Waals surface area contributed by atoms with Crippen molar-refractivity contribution in [2.45, 2.75) is 37.5 Å². The topological polar surface area (TPSA) is 125 Å². The summed E-state index contributed by atoms with van der Waals surface area (Å²) in [6.45, 7) is 0.852. The van der Waals surface area contributed by atoms with Gasteiger partial charge in [-0.2, -0.15) is 0 Å². The smallest absolute Gasteiger partial charge is 0.217 e. The zero-order valence-electron chi connectivity index (χ0n) is 8.33. The molecule has 1 aliphatic heterocycles. The summed E-state index contributed by atoms with van der Waals surface area (Å²) in [7, 11) is 0. The first-order valence-electron chi connectivity index (χ1n) is 4.62. The molecule has 0 aromatic heterocycles. The van der Waals surface area contributed by atoms with Crippen molar-refractivity contribution >= 4 is 5.91 Å². The lowest BCUT2D eigenvalue weighted by Gasteiger charge is -2.40. The molecule has 0 spiro atoms. The molecule has 0 aromatic rings. The third kappa shape index (κ3) is 2.64. The van der Waals surface area contributed by atoms with Gasteiger partial charge in [-0.1, -0.05) is 0 Å². The molecule has 0 aliphatic carbocycles. The number of nitrogens with one attached hydrogen (secondary N) is 1. The number of hydrogen-bond donors (Lipinski definition) is 5. The molecule has 1 fully saturated rings. The van der Waals surface area contributed by atoms with Gasteiger partial charge in [-0.05, 0) is 0 Å². The highest BCUT2D eigenvalue weighted by Gasteiger charge is 2.42. The largest absolute Gasteiger partial charge is 0.394 e. The van der Waals surface area contributed by atoms with Crippen molar-refractivity contribution in [3.8, 4) is 0 Å². The molecule has 5 atom stereocenters. The summed E-state index contributed by atoms with van der Waals surface area (Å²) in [6.07, 6.45) is -3.37. The second-order valence-electron chi connectivity index (χ2n) is 3.54. The van der Waals surface area contributed by atoms with Crippen molar-refractivity contribution in [3.05, 3.63) is 0 Å². The summed E-state index contributed by atoms with van der Waals surface area (Å²) >= 11 is 0. The molecule has 0 aromatic carbocycles. The van der Waals surface area contributed by atoms with Gasteiger partial charge in [0, 0.05) is 6.92 Å². The summed E-state index contributed by atoms with van der Waals surface area (Å²) in [6, 6.07) is -1.82. The number of aliphatic hydroxyl groups excluding tert-OH is 3. The molecule has 1 aliphatic rings. The fourth-order valence-corrected chi connectivity index (χ4v) is 1.54. The van der Waals surface area contributed by atoms with Gasteiger partial charge in [0.25, 0.3) is 0 Å². The summed E-state index contributed by atoms with van der Waals surface area (Å²) in [5, 5.41) is 30.3. The molecule has 0 unspecified atom stereocenters. The molecule has 88 valence electrons. The Morgan fingerprint density at radius 1 is 1.53 bits per heavy atom. The molecule has 6 N–H and O–H groups in total. The van der Waals surface area contributed by atoms with Crippen LogP contribution in [0, 0.1) is 0 Å². The van der Waals surface area contributed by atoms with Crippen LogP contribution in [-0.2, 0) is 9.53 Å². The number of nitrogens with two attached hydrogens (primary N) is 1. The van der Waals surface area contributed by atoms with Gasteiger partial charge in [-0.25, -0.2) is 0 Å². The normalized spacial score (nSPS) is 41.3. The number of carbonyl (C=O) groups excluding carboxylic acids is 1. The maximum Gasteiger partial charge on any atom is 0.217 e. The molecule has 0 radical (unpaired) electrons. The van der Waals surface area contributed by atoms with Gasteiger partial charge < -0.3 is 31.1 Å². The zero-order chi connectivity index (χ0) is 11.6. The highest BCUT2D eigenvalue weighted by Crippen LogP contribution is 2.18. The van der Waals surface area contributed by atoms with Crippen LogP contribution < -0.4 is 11.1 Å². The van der Waals surface area contributed by atoms with Crippen molar-refractivity contribution < 1.29 is 24.9 Å². The van der Waals surface area contributed by atoms with Crippen LogP contribution in [0.25, 0.3) is 0 Å². The van der Waals surface area contributed by atoms with Crippen LogP contribution in [0.3, 0.4) is 0 Å². The molecule has 1 amide bonds. The van der Waals surface area contributed by atoms with E-state index in [1.54, 1.807) is 0 Å². The van der Waals surface area contributed by atoms with E-state index in [0.717, 1.165) is 0 Å². The number of hydrogen-bond acceptors (Lipinski definition) is 6. The first-order chi connectivity index (χ1) is 6.97. The van der Waals surface area contributed by atoms with Crippen molar-refractivity contribution in [1.29, 1.82) is 0 Å². The summed E-state index contributed by atoms with van der Waals surface area (Å²) in [4.78, 5) is 10.8. The van der Waals surface area contributed by atoms with Crippen LogP contribution in [0.4, 0.5) is 0 Å². The lowest BCUT2D eigenvalue weighted by atomic mass is 9.95. The van der Waals surface area contributed by atoms with Crippen molar-refractivity contribution in [2.24, 2.45) is 5.73 Å². The average Bonchev–Trinajstić information content (AvgIpc) is 2.18. The van der Waals surface area contributed by atoms with E-state index in [1.165, 1.54) is 6.92 Å². The number of rotatable bonds is 2. The van der Waals surface area contributed by atoms with Gasteiger partial charge in [0.2, 0.25) is 5.91 Å². The first-order valence-corrected chi connectivity index (χ1v) is 4.62. The predicted molar refractivity (Wildman–Crippen MR) is 49.6 cm³/mol. The SMILES string of the molecule is CC(=O)N[C@@H]1[C@@H](O)[C@@H](N)[C@H](CO)O[C@@H]1O. The lowest BCUT2D eigenvalue weighted by molar-refractivity contribution is -0.221. The fourth-order valence-electron chi connectivity index (χ4n) is 1.54. The van der Waals surface area contributed by atoms with Crippen LogP contribution in [0.2, 0.25) is 0 Å². The van der Waals surface area contributed by atoms with E-state index in [-0.39, 0.29) is 0 Å². The molecule has 7 nitrogen and oxygen atoms in total. The van der Waals surface area contributed by atoms with Gasteiger partial charge >= 0.3 is 0 Å². The van der Waals surface area contributed by atoms with E-state index in [1.807, 2.05) is 0 Å². The summed E-state index contributed by atoms with van der Waals surface area (Å²) in [5.41, 5.74) is 5.56. The Kier molecular flexibility index (Phi) is 4.00. The van der Waals surface area contributed by atoms with Crippen LogP contribution >= 0.6 is 0 Å². The molecule has 0 bridgehead atoms. The molecule has 1 heterocycles. The fraction of sp³-hybridized carbons (Fsp3) is 0.875. The van der Waals surface area contributed by atoms with Gasteiger partial charge in [-0.15, -0.1) is 0 Å². The minimum Gasteiger partial charge on any atom is -0.394 e. The molecular weight excluding hydrogens is 204 g/mol. The third-order valence-corrected chi connectivity index (χ3v) is 2.36. The summed E-state index contributed by atoms with van der Waals surface area (Å²) < 4.78 is 4.94. The Balaban J connectivity index is 2.70. The standard InChI is InChI=1S/C8H16N2O5/c1-3(12)10-6-7(13)5(9)4(2-11)15-8(6)14/h4-8,11,13-14H,2,9H2,1H3,(H,10,12)/t4-,5-,6+,7-,8-/m0/s1. The second-order valence-corrected chi connectivity index (χ2v) is 3.54. The Morgan fingerprint density at radius 3 is 2.60 bits per heavy atom. The predicted octanol–water partition coefficient (Wildman–Crippen LogP) is -3.11. The molecular formula is C8H16N2O5. The lowest BCUT2D eigenvalue weighted by Crippen LogP contribution is -2.66. The van der Waals surface area contributed by atoms with Gasteiger partial charge in [-0.3, -0.25) is 4.79 Å². The van der Waals surface area contributed by atoms with Crippen LogP contribution in [0.5, 0.6) is 0 Å². The number of carbonyl (C=O) groups is 1. The van der Waals surface area contributed by atoms with Gasteiger partial charge in [0.1, 0.15) is 12.1 Å². The highest BCUT2D eigenvalue weighted by molar-refractivity contribution is 5.73. The van der Waals surface area contributed by atoms with E-state index in [2.05, 4.69) is 5.32 Å². The van der Waals surface area contributed by atoms with E-state index in [0.29, 0.717) is 0 Å². The highest BCUT2D eigenvalue weighted by atomic mass is 16.6. The molecule has 1 saturated heterocycles. The van der Waals surface area contributed by atoms with E-state index in [4.69, 9.17) is 15.6 Å². The molecule has 0 saturated carbocycles. The molecule has 7 heteroatoms. The van der Waals surface area contributed by atoms with Crippen molar-refractivity contribution in [2.75, 3.05) is 6.61 Å². The minimum atomic E-state index is -1.37. The van der Waals surface area contributed by atoms with E-state index < -0.39 is 43.1 Å². The Hall–Kier alpha value is -0.730. The van der Waals surface area contributed by atoms with Gasteiger partial charge in [0.15, 0.2) is 6.29 Å². The minimum absolute atomic E-state index is 0.401. The Labute approximate surface area is 86.8 Å². The molecule has 1 rings (SSSR count). The van der Waals surface area contributed by atoms with E-state index in [9.17, 15) is 15.0 Å². The average molecular weight is 220 g/mol. The Bertz CT molecular complexity index is 237. The number of aliphatic hydroxyl groups is 3. The quantitative estimate of drug-likeness (QED) is 0.335. The van der Waals surface area contributed by atoms with Crippen molar-refractivity contribution in [1.82, 2.24) is 5.32 Å². The van der Waals surface area contributed by atoms with Crippen LogP contribution in [0.1, 0.15) is 6.92 Å². The third-order valence-electron chi connectivity index (χ3n) is 2.36. The second kappa shape index (κ2) is 4.86. The van der Waals surface area contributed by atoms with E-state index >= 15 is 0 Å². The van der Waals surface area contributed by atoms with Crippen LogP contribution in [-0.4, -0.2) is 58.4 Å². The zero-order valence-corrected chi connectivity index (χ0v) is 8.33. The number of ether oxygens (including phenoxy) is 1. The monoisotopic (exact) mass is 220 g/mol. The number of amides is 1. The maximum atomic E-state index is 10.8. The Morgan fingerprint density at radius 2 is 2.13 bits per heavy atom. The first kappa shape index (κ1) is 12.3. The van der Waals surface area contributed by atoms with Gasteiger partial charge in [0.05, 0.1) is 18.8 Å². The van der Waals surface area contributed by atoms with Crippen molar-refractivity contribution in [3.63, 3.8) is 0 Å².